The van der Waals surface area contributed by atoms with Gasteiger partial charge in [0.15, 0.2) is 0 Å². The maximum atomic E-state index is 8.90. The molecule has 0 radical (unpaired) electrons. The Labute approximate surface area is 90.5 Å². The van der Waals surface area contributed by atoms with Crippen molar-refractivity contribution in [3.8, 4) is 11.8 Å². The maximum Gasteiger partial charge on any atom is 0.118 e. The number of methoxy groups -OCH3 is 1. The summed E-state index contributed by atoms with van der Waals surface area (Å²) in [6.07, 6.45) is 0.768. The molecule has 2 N–H and O–H groups in total. The van der Waals surface area contributed by atoms with E-state index in [-0.39, 0.29) is 12.0 Å². The SMILES string of the molecule is CCC(C#N)C(N)c1ccc(OC)cc1. The smallest absolute Gasteiger partial charge is 0.118 e. The Kier molecular flexibility index (Phi) is 4.14. The molecule has 0 saturated heterocycles. The lowest BCUT2D eigenvalue weighted by Gasteiger charge is -2.16. The standard InChI is InChI=1S/C12H16N2O/c1-3-9(8-13)12(14)10-4-6-11(15-2)7-5-10/h4-7,9,12H,3,14H2,1-2H3. The Bertz CT molecular complexity index is 340. The summed E-state index contributed by atoms with van der Waals surface area (Å²) >= 11 is 0. The molecule has 15 heavy (non-hydrogen) atoms. The quantitative estimate of drug-likeness (QED) is 0.818. The summed E-state index contributed by atoms with van der Waals surface area (Å²) in [4.78, 5) is 0. The molecule has 3 heteroatoms. The second-order valence-electron chi connectivity index (χ2n) is 3.44. The highest BCUT2D eigenvalue weighted by Crippen LogP contribution is 2.23. The number of benzene rings is 1. The molecular formula is C12H16N2O. The third-order valence-corrected chi connectivity index (χ3v) is 2.54. The van der Waals surface area contributed by atoms with Gasteiger partial charge in [0, 0.05) is 6.04 Å². The van der Waals surface area contributed by atoms with E-state index in [2.05, 4.69) is 6.07 Å². The van der Waals surface area contributed by atoms with Crippen LogP contribution in [0, 0.1) is 17.2 Å². The van der Waals surface area contributed by atoms with Gasteiger partial charge in [-0.2, -0.15) is 5.26 Å². The first-order chi connectivity index (χ1) is 7.22. The van der Waals surface area contributed by atoms with Gasteiger partial charge in [-0.25, -0.2) is 0 Å². The van der Waals surface area contributed by atoms with Crippen LogP contribution in [0.4, 0.5) is 0 Å². The van der Waals surface area contributed by atoms with E-state index in [4.69, 9.17) is 15.7 Å². The van der Waals surface area contributed by atoms with Gasteiger partial charge < -0.3 is 10.5 Å². The van der Waals surface area contributed by atoms with Gasteiger partial charge in [0.2, 0.25) is 0 Å². The van der Waals surface area contributed by atoms with Crippen LogP contribution in [-0.4, -0.2) is 7.11 Å². The number of ether oxygens (including phenoxy) is 1. The molecule has 0 spiro atoms. The summed E-state index contributed by atoms with van der Waals surface area (Å²) in [5.74, 6) is 0.675. The van der Waals surface area contributed by atoms with E-state index in [1.165, 1.54) is 0 Å². The molecule has 1 aromatic rings. The molecule has 3 nitrogen and oxygen atoms in total. The summed E-state index contributed by atoms with van der Waals surface area (Å²) in [6, 6.07) is 9.54. The second-order valence-corrected chi connectivity index (χ2v) is 3.44. The minimum atomic E-state index is -0.217. The van der Waals surface area contributed by atoms with Crippen LogP contribution < -0.4 is 10.5 Å². The molecule has 1 rings (SSSR count). The van der Waals surface area contributed by atoms with Gasteiger partial charge in [-0.1, -0.05) is 19.1 Å². The van der Waals surface area contributed by atoms with Crippen molar-refractivity contribution in [3.05, 3.63) is 29.8 Å². The van der Waals surface area contributed by atoms with Gasteiger partial charge in [0.25, 0.3) is 0 Å². The van der Waals surface area contributed by atoms with Crippen molar-refractivity contribution in [1.29, 1.82) is 5.26 Å². The van der Waals surface area contributed by atoms with Crippen LogP contribution >= 0.6 is 0 Å². The van der Waals surface area contributed by atoms with Crippen molar-refractivity contribution in [2.45, 2.75) is 19.4 Å². The van der Waals surface area contributed by atoms with Crippen LogP contribution in [0.2, 0.25) is 0 Å². The number of hydrogen-bond acceptors (Lipinski definition) is 3. The zero-order chi connectivity index (χ0) is 11.3. The molecule has 0 amide bonds. The van der Waals surface area contributed by atoms with Crippen molar-refractivity contribution in [2.75, 3.05) is 7.11 Å². The lowest BCUT2D eigenvalue weighted by Crippen LogP contribution is -2.19. The van der Waals surface area contributed by atoms with E-state index in [1.54, 1.807) is 7.11 Å². The molecule has 0 heterocycles. The fraction of sp³-hybridized carbons (Fsp3) is 0.417. The van der Waals surface area contributed by atoms with Crippen LogP contribution in [0.5, 0.6) is 5.75 Å². The Hall–Kier alpha value is -1.53. The molecule has 0 aliphatic heterocycles. The molecule has 2 atom stereocenters. The first-order valence-electron chi connectivity index (χ1n) is 5.02. The third kappa shape index (κ3) is 2.71. The van der Waals surface area contributed by atoms with Crippen molar-refractivity contribution in [2.24, 2.45) is 11.7 Å². The van der Waals surface area contributed by atoms with Crippen molar-refractivity contribution < 1.29 is 4.74 Å². The average Bonchev–Trinajstić information content (AvgIpc) is 2.30. The number of nitriles is 1. The first kappa shape index (κ1) is 11.5. The molecule has 0 aromatic heterocycles. The highest BCUT2D eigenvalue weighted by atomic mass is 16.5. The number of nitrogens with two attached hydrogens (primary N) is 1. The molecule has 2 unspecified atom stereocenters. The monoisotopic (exact) mass is 204 g/mol. The van der Waals surface area contributed by atoms with Gasteiger partial charge in [0.1, 0.15) is 5.75 Å². The molecule has 1 aromatic carbocycles. The number of hydrogen-bond donors (Lipinski definition) is 1. The maximum absolute atomic E-state index is 8.90. The Morgan fingerprint density at radius 1 is 1.40 bits per heavy atom. The second kappa shape index (κ2) is 5.38. The van der Waals surface area contributed by atoms with E-state index in [1.807, 2.05) is 31.2 Å². The van der Waals surface area contributed by atoms with Gasteiger partial charge in [0.05, 0.1) is 19.1 Å². The largest absolute Gasteiger partial charge is 0.497 e. The van der Waals surface area contributed by atoms with E-state index in [0.717, 1.165) is 17.7 Å². The highest BCUT2D eigenvalue weighted by molar-refractivity contribution is 5.29. The van der Waals surface area contributed by atoms with Gasteiger partial charge in [-0.3, -0.25) is 0 Å². The van der Waals surface area contributed by atoms with E-state index < -0.39 is 0 Å². The zero-order valence-corrected chi connectivity index (χ0v) is 9.10. The molecular weight excluding hydrogens is 188 g/mol. The van der Waals surface area contributed by atoms with E-state index in [0.29, 0.717) is 0 Å². The van der Waals surface area contributed by atoms with Crippen LogP contribution in [0.25, 0.3) is 0 Å². The molecule has 80 valence electrons. The normalized spacial score (nSPS) is 14.0. The van der Waals surface area contributed by atoms with Crippen molar-refractivity contribution in [3.63, 3.8) is 0 Å². The lowest BCUT2D eigenvalue weighted by molar-refractivity contribution is 0.414. The van der Waals surface area contributed by atoms with Crippen LogP contribution in [0.15, 0.2) is 24.3 Å². The minimum Gasteiger partial charge on any atom is -0.497 e. The van der Waals surface area contributed by atoms with Crippen LogP contribution in [-0.2, 0) is 0 Å². The van der Waals surface area contributed by atoms with Gasteiger partial charge >= 0.3 is 0 Å². The summed E-state index contributed by atoms with van der Waals surface area (Å²) in [6.45, 7) is 1.97. The predicted octanol–water partition coefficient (Wildman–Crippen LogP) is 2.24. The van der Waals surface area contributed by atoms with Crippen LogP contribution in [0.3, 0.4) is 0 Å². The van der Waals surface area contributed by atoms with Gasteiger partial charge in [-0.05, 0) is 24.1 Å². The summed E-state index contributed by atoms with van der Waals surface area (Å²) in [5.41, 5.74) is 6.96. The van der Waals surface area contributed by atoms with E-state index in [9.17, 15) is 0 Å². The topological polar surface area (TPSA) is 59.0 Å². The summed E-state index contributed by atoms with van der Waals surface area (Å²) in [5, 5.41) is 8.90. The van der Waals surface area contributed by atoms with E-state index >= 15 is 0 Å². The Morgan fingerprint density at radius 2 is 2.00 bits per heavy atom. The molecule has 0 bridgehead atoms. The Morgan fingerprint density at radius 3 is 2.40 bits per heavy atom. The van der Waals surface area contributed by atoms with Crippen molar-refractivity contribution in [1.82, 2.24) is 0 Å². The molecule has 0 aliphatic rings. The Balaban J connectivity index is 2.82. The number of rotatable bonds is 4. The fourth-order valence-corrected chi connectivity index (χ4v) is 1.48. The third-order valence-electron chi connectivity index (χ3n) is 2.54. The van der Waals surface area contributed by atoms with Gasteiger partial charge in [-0.15, -0.1) is 0 Å². The molecule has 0 saturated carbocycles. The molecule has 0 aliphatic carbocycles. The first-order valence-corrected chi connectivity index (χ1v) is 5.02. The van der Waals surface area contributed by atoms with Crippen molar-refractivity contribution >= 4 is 0 Å². The summed E-state index contributed by atoms with van der Waals surface area (Å²) in [7, 11) is 1.62. The zero-order valence-electron chi connectivity index (χ0n) is 9.10. The number of nitrogens with zero attached hydrogens (tertiary/aromatic N) is 1. The molecule has 0 fully saturated rings. The minimum absolute atomic E-state index is 0.126. The van der Waals surface area contributed by atoms with Crippen LogP contribution in [0.1, 0.15) is 24.9 Å². The average molecular weight is 204 g/mol. The summed E-state index contributed by atoms with van der Waals surface area (Å²) < 4.78 is 5.06. The predicted molar refractivity (Wildman–Crippen MR) is 59.3 cm³/mol. The highest BCUT2D eigenvalue weighted by Gasteiger charge is 2.16. The lowest BCUT2D eigenvalue weighted by atomic mass is 9.93. The fourth-order valence-electron chi connectivity index (χ4n) is 1.48.